The average molecular weight is 292 g/mol. The Bertz CT molecular complexity index is 822. The van der Waals surface area contributed by atoms with Gasteiger partial charge in [-0.2, -0.15) is 5.10 Å². The summed E-state index contributed by atoms with van der Waals surface area (Å²) in [6, 6.07) is 15.3. The number of nitrogens with zero attached hydrogens (tertiary/aromatic N) is 2. The summed E-state index contributed by atoms with van der Waals surface area (Å²) in [5.41, 5.74) is 2.07. The van der Waals surface area contributed by atoms with E-state index >= 15 is 0 Å². The van der Waals surface area contributed by atoms with Gasteiger partial charge < -0.3 is 0 Å². The smallest absolute Gasteiger partial charge is 0.185 e. The maximum Gasteiger partial charge on any atom is 0.185 e. The van der Waals surface area contributed by atoms with E-state index < -0.39 is 5.82 Å². The zero-order valence-corrected chi connectivity index (χ0v) is 11.7. The quantitative estimate of drug-likeness (QED) is 0.540. The van der Waals surface area contributed by atoms with Crippen LogP contribution in [0, 0.1) is 5.82 Å². The van der Waals surface area contributed by atoms with Gasteiger partial charge in [0.1, 0.15) is 5.82 Å². The van der Waals surface area contributed by atoms with E-state index in [1.54, 1.807) is 23.0 Å². The number of allylic oxidation sites excluding steroid dienone is 1. The van der Waals surface area contributed by atoms with Crippen LogP contribution in [0.1, 0.15) is 15.9 Å². The van der Waals surface area contributed by atoms with Gasteiger partial charge in [-0.05, 0) is 36.4 Å². The molecule has 0 fully saturated rings. The maximum absolute atomic E-state index is 13.1. The Morgan fingerprint density at radius 1 is 1.09 bits per heavy atom. The van der Waals surface area contributed by atoms with E-state index in [0.29, 0.717) is 5.56 Å². The molecule has 3 aromatic rings. The summed E-state index contributed by atoms with van der Waals surface area (Å²) in [5, 5.41) is 4.25. The van der Waals surface area contributed by atoms with Crippen LogP contribution in [0.25, 0.3) is 11.8 Å². The van der Waals surface area contributed by atoms with Gasteiger partial charge in [0.15, 0.2) is 5.78 Å². The minimum absolute atomic E-state index is 0.244. The van der Waals surface area contributed by atoms with Crippen molar-refractivity contribution in [1.82, 2.24) is 9.78 Å². The van der Waals surface area contributed by atoms with Crippen molar-refractivity contribution in [2.24, 2.45) is 0 Å². The summed E-state index contributed by atoms with van der Waals surface area (Å²) in [7, 11) is 0. The highest BCUT2D eigenvalue weighted by Gasteiger charge is 2.03. The fraction of sp³-hybridized carbons (Fsp3) is 0. The Morgan fingerprint density at radius 3 is 2.68 bits per heavy atom. The molecule has 0 N–H and O–H groups in total. The van der Waals surface area contributed by atoms with Crippen LogP contribution in [0.5, 0.6) is 0 Å². The van der Waals surface area contributed by atoms with Gasteiger partial charge in [0.05, 0.1) is 11.9 Å². The standard InChI is InChI=1S/C18H13FN2O/c19-16-6-4-5-15(11-16)18(22)10-9-14-12-20-21(13-14)17-7-2-1-3-8-17/h1-13H/b10-9+. The lowest BCUT2D eigenvalue weighted by atomic mass is 10.1. The Balaban J connectivity index is 1.76. The van der Waals surface area contributed by atoms with E-state index in [-0.39, 0.29) is 5.78 Å². The molecule has 0 unspecified atom stereocenters. The Morgan fingerprint density at radius 2 is 1.91 bits per heavy atom. The maximum atomic E-state index is 13.1. The summed E-state index contributed by atoms with van der Waals surface area (Å²) in [5.74, 6) is -0.664. The van der Waals surface area contributed by atoms with Crippen molar-refractivity contribution in [2.75, 3.05) is 0 Å². The zero-order chi connectivity index (χ0) is 15.4. The van der Waals surface area contributed by atoms with E-state index in [1.165, 1.54) is 24.3 Å². The first-order chi connectivity index (χ1) is 10.7. The molecule has 2 aromatic carbocycles. The molecule has 108 valence electrons. The summed E-state index contributed by atoms with van der Waals surface area (Å²) in [6.45, 7) is 0. The molecule has 4 heteroatoms. The molecule has 0 amide bonds. The molecule has 0 spiro atoms. The number of benzene rings is 2. The first-order valence-electron chi connectivity index (χ1n) is 6.80. The molecule has 0 aliphatic heterocycles. The van der Waals surface area contributed by atoms with Crippen LogP contribution in [0.15, 0.2) is 73.1 Å². The van der Waals surface area contributed by atoms with Gasteiger partial charge in [0.25, 0.3) is 0 Å². The molecule has 0 saturated carbocycles. The molecule has 0 atom stereocenters. The largest absolute Gasteiger partial charge is 0.289 e. The molecule has 22 heavy (non-hydrogen) atoms. The Hall–Kier alpha value is -3.01. The summed E-state index contributed by atoms with van der Waals surface area (Å²) in [4.78, 5) is 12.0. The van der Waals surface area contributed by atoms with Gasteiger partial charge in [-0.3, -0.25) is 4.79 Å². The number of carbonyl (C=O) groups is 1. The third kappa shape index (κ3) is 3.17. The average Bonchev–Trinajstić information content (AvgIpc) is 3.02. The van der Waals surface area contributed by atoms with E-state index in [0.717, 1.165) is 11.3 Å². The number of hydrogen-bond acceptors (Lipinski definition) is 2. The van der Waals surface area contributed by atoms with Crippen LogP contribution < -0.4 is 0 Å². The molecular formula is C18H13FN2O. The minimum Gasteiger partial charge on any atom is -0.289 e. The fourth-order valence-corrected chi connectivity index (χ4v) is 2.05. The van der Waals surface area contributed by atoms with Gasteiger partial charge in [0.2, 0.25) is 0 Å². The highest BCUT2D eigenvalue weighted by atomic mass is 19.1. The molecule has 0 saturated heterocycles. The van der Waals surface area contributed by atoms with Gasteiger partial charge >= 0.3 is 0 Å². The fourth-order valence-electron chi connectivity index (χ4n) is 2.05. The van der Waals surface area contributed by atoms with E-state index in [9.17, 15) is 9.18 Å². The molecule has 3 nitrogen and oxygen atoms in total. The molecule has 3 rings (SSSR count). The number of rotatable bonds is 4. The van der Waals surface area contributed by atoms with E-state index in [2.05, 4.69) is 5.10 Å². The van der Waals surface area contributed by atoms with Crippen LogP contribution in [-0.2, 0) is 0 Å². The Kier molecular flexibility index (Phi) is 3.92. The predicted molar refractivity (Wildman–Crippen MR) is 83.3 cm³/mol. The van der Waals surface area contributed by atoms with Crippen molar-refractivity contribution in [3.63, 3.8) is 0 Å². The monoisotopic (exact) mass is 292 g/mol. The van der Waals surface area contributed by atoms with Crippen LogP contribution in [0.4, 0.5) is 4.39 Å². The molecule has 0 radical (unpaired) electrons. The van der Waals surface area contributed by atoms with E-state index in [1.807, 2.05) is 36.5 Å². The molecule has 0 aliphatic rings. The predicted octanol–water partition coefficient (Wildman–Crippen LogP) is 3.91. The minimum atomic E-state index is -0.420. The van der Waals surface area contributed by atoms with Gasteiger partial charge in [-0.15, -0.1) is 0 Å². The van der Waals surface area contributed by atoms with Crippen LogP contribution in [-0.4, -0.2) is 15.6 Å². The number of halogens is 1. The van der Waals surface area contributed by atoms with Gasteiger partial charge in [0, 0.05) is 17.3 Å². The Labute approximate surface area is 127 Å². The first-order valence-corrected chi connectivity index (χ1v) is 6.80. The lowest BCUT2D eigenvalue weighted by molar-refractivity contribution is 0.104. The van der Waals surface area contributed by atoms with Crippen molar-refractivity contribution >= 4 is 11.9 Å². The number of carbonyl (C=O) groups excluding carboxylic acids is 1. The molecule has 1 aromatic heterocycles. The van der Waals surface area contributed by atoms with Crippen LogP contribution in [0.2, 0.25) is 0 Å². The zero-order valence-electron chi connectivity index (χ0n) is 11.7. The van der Waals surface area contributed by atoms with Crippen LogP contribution in [0.3, 0.4) is 0 Å². The topological polar surface area (TPSA) is 34.9 Å². The number of para-hydroxylation sites is 1. The SMILES string of the molecule is O=C(/C=C/c1cnn(-c2ccccc2)c1)c1cccc(F)c1. The van der Waals surface area contributed by atoms with Crippen molar-refractivity contribution < 1.29 is 9.18 Å². The number of aromatic nitrogens is 2. The summed E-state index contributed by atoms with van der Waals surface area (Å²) >= 11 is 0. The van der Waals surface area contributed by atoms with E-state index in [4.69, 9.17) is 0 Å². The third-order valence-corrected chi connectivity index (χ3v) is 3.16. The second-order valence-corrected chi connectivity index (χ2v) is 4.76. The lowest BCUT2D eigenvalue weighted by Gasteiger charge is -1.98. The van der Waals surface area contributed by atoms with Crippen molar-refractivity contribution in [3.8, 4) is 5.69 Å². The summed E-state index contributed by atoms with van der Waals surface area (Å²) < 4.78 is 14.8. The second kappa shape index (κ2) is 6.18. The van der Waals surface area contributed by atoms with Crippen LogP contribution >= 0.6 is 0 Å². The highest BCUT2D eigenvalue weighted by Crippen LogP contribution is 2.10. The third-order valence-electron chi connectivity index (χ3n) is 3.16. The normalized spacial score (nSPS) is 11.0. The van der Waals surface area contributed by atoms with Crippen molar-refractivity contribution in [3.05, 3.63) is 90.0 Å². The molecule has 0 bridgehead atoms. The number of hydrogen-bond donors (Lipinski definition) is 0. The summed E-state index contributed by atoms with van der Waals surface area (Å²) in [6.07, 6.45) is 6.58. The molecule has 0 aliphatic carbocycles. The second-order valence-electron chi connectivity index (χ2n) is 4.76. The lowest BCUT2D eigenvalue weighted by Crippen LogP contribution is -1.94. The van der Waals surface area contributed by atoms with Crippen molar-refractivity contribution in [1.29, 1.82) is 0 Å². The molecule has 1 heterocycles. The van der Waals surface area contributed by atoms with Gasteiger partial charge in [-0.1, -0.05) is 30.3 Å². The van der Waals surface area contributed by atoms with Crippen molar-refractivity contribution in [2.45, 2.75) is 0 Å². The molecular weight excluding hydrogens is 279 g/mol. The highest BCUT2D eigenvalue weighted by molar-refractivity contribution is 6.06. The number of ketones is 1. The van der Waals surface area contributed by atoms with Gasteiger partial charge in [-0.25, -0.2) is 9.07 Å². The first kappa shape index (κ1) is 13.9.